The highest BCUT2D eigenvalue weighted by Crippen LogP contribution is 2.19. The predicted octanol–water partition coefficient (Wildman–Crippen LogP) is 1.97. The third-order valence-electron chi connectivity index (χ3n) is 2.51. The minimum atomic E-state index is 0.136. The average molecular weight is 212 g/mol. The largest absolute Gasteiger partial charge is 0.370 e. The molecular formula is C10H16N2OS. The SMILES string of the molecule is C[C@H](OC[C@H]1CCCN1)c1nccs1. The molecule has 1 saturated heterocycles. The fraction of sp³-hybridized carbons (Fsp3) is 0.700. The number of ether oxygens (including phenoxy) is 1. The van der Waals surface area contributed by atoms with Crippen molar-refractivity contribution in [1.82, 2.24) is 10.3 Å². The van der Waals surface area contributed by atoms with Gasteiger partial charge in [0.25, 0.3) is 0 Å². The number of rotatable bonds is 4. The third-order valence-corrected chi connectivity index (χ3v) is 3.45. The van der Waals surface area contributed by atoms with Gasteiger partial charge in [0.2, 0.25) is 0 Å². The second-order valence-corrected chi connectivity index (χ2v) is 4.57. The summed E-state index contributed by atoms with van der Waals surface area (Å²) < 4.78 is 5.76. The van der Waals surface area contributed by atoms with E-state index in [2.05, 4.69) is 17.2 Å². The van der Waals surface area contributed by atoms with Crippen molar-refractivity contribution in [3.8, 4) is 0 Å². The zero-order valence-electron chi connectivity index (χ0n) is 8.40. The Balaban J connectivity index is 1.74. The van der Waals surface area contributed by atoms with Crippen LogP contribution in [-0.4, -0.2) is 24.2 Å². The van der Waals surface area contributed by atoms with Gasteiger partial charge in [0.15, 0.2) is 0 Å². The van der Waals surface area contributed by atoms with Gasteiger partial charge >= 0.3 is 0 Å². The molecule has 4 heteroatoms. The first-order valence-corrected chi connectivity index (χ1v) is 5.98. The Kier molecular flexibility index (Phi) is 3.50. The van der Waals surface area contributed by atoms with Crippen LogP contribution in [0.25, 0.3) is 0 Å². The molecule has 1 fully saturated rings. The van der Waals surface area contributed by atoms with Crippen LogP contribution >= 0.6 is 11.3 Å². The molecule has 0 aliphatic carbocycles. The Morgan fingerprint density at radius 2 is 2.71 bits per heavy atom. The van der Waals surface area contributed by atoms with E-state index < -0.39 is 0 Å². The number of nitrogens with one attached hydrogen (secondary N) is 1. The molecule has 0 bridgehead atoms. The minimum absolute atomic E-state index is 0.136. The lowest BCUT2D eigenvalue weighted by molar-refractivity contribution is 0.0523. The highest BCUT2D eigenvalue weighted by molar-refractivity contribution is 7.09. The fourth-order valence-corrected chi connectivity index (χ4v) is 2.31. The fourth-order valence-electron chi connectivity index (χ4n) is 1.67. The lowest BCUT2D eigenvalue weighted by Crippen LogP contribution is -2.27. The van der Waals surface area contributed by atoms with Crippen LogP contribution in [0, 0.1) is 0 Å². The molecular weight excluding hydrogens is 196 g/mol. The second kappa shape index (κ2) is 4.87. The first-order valence-electron chi connectivity index (χ1n) is 5.10. The smallest absolute Gasteiger partial charge is 0.121 e. The quantitative estimate of drug-likeness (QED) is 0.828. The molecule has 1 aromatic rings. The number of hydrogen-bond acceptors (Lipinski definition) is 4. The van der Waals surface area contributed by atoms with Crippen LogP contribution < -0.4 is 5.32 Å². The van der Waals surface area contributed by atoms with Crippen LogP contribution in [0.3, 0.4) is 0 Å². The highest BCUT2D eigenvalue weighted by atomic mass is 32.1. The summed E-state index contributed by atoms with van der Waals surface area (Å²) in [5.74, 6) is 0. The molecule has 1 aromatic heterocycles. The van der Waals surface area contributed by atoms with Gasteiger partial charge in [0, 0.05) is 17.6 Å². The topological polar surface area (TPSA) is 34.1 Å². The normalized spacial score (nSPS) is 23.9. The van der Waals surface area contributed by atoms with Crippen molar-refractivity contribution in [3.05, 3.63) is 16.6 Å². The van der Waals surface area contributed by atoms with E-state index >= 15 is 0 Å². The van der Waals surface area contributed by atoms with E-state index in [4.69, 9.17) is 4.74 Å². The number of aromatic nitrogens is 1. The Morgan fingerprint density at radius 3 is 3.36 bits per heavy atom. The lowest BCUT2D eigenvalue weighted by atomic mass is 10.2. The second-order valence-electron chi connectivity index (χ2n) is 3.64. The van der Waals surface area contributed by atoms with Crippen LogP contribution in [0.4, 0.5) is 0 Å². The Bertz CT molecular complexity index is 257. The molecule has 1 N–H and O–H groups in total. The van der Waals surface area contributed by atoms with E-state index in [0.29, 0.717) is 6.04 Å². The molecule has 2 heterocycles. The summed E-state index contributed by atoms with van der Waals surface area (Å²) in [7, 11) is 0. The van der Waals surface area contributed by atoms with E-state index in [-0.39, 0.29) is 6.10 Å². The van der Waals surface area contributed by atoms with E-state index in [9.17, 15) is 0 Å². The van der Waals surface area contributed by atoms with Gasteiger partial charge in [-0.3, -0.25) is 0 Å². The van der Waals surface area contributed by atoms with Gasteiger partial charge in [-0.25, -0.2) is 4.98 Å². The summed E-state index contributed by atoms with van der Waals surface area (Å²) in [6.45, 7) is 4.01. The van der Waals surface area contributed by atoms with Gasteiger partial charge in [-0.05, 0) is 26.3 Å². The van der Waals surface area contributed by atoms with Crippen molar-refractivity contribution in [2.45, 2.75) is 31.9 Å². The van der Waals surface area contributed by atoms with Gasteiger partial charge in [0.1, 0.15) is 11.1 Å². The standard InChI is InChI=1S/C10H16N2OS/c1-8(10-12-5-6-14-10)13-7-9-3-2-4-11-9/h5-6,8-9,11H,2-4,7H2,1H3/t8-,9+/m0/s1. The summed E-state index contributed by atoms with van der Waals surface area (Å²) in [4.78, 5) is 4.23. The monoisotopic (exact) mass is 212 g/mol. The minimum Gasteiger partial charge on any atom is -0.370 e. The first kappa shape index (κ1) is 10.1. The van der Waals surface area contributed by atoms with E-state index in [1.807, 2.05) is 11.6 Å². The summed E-state index contributed by atoms with van der Waals surface area (Å²) in [6, 6.07) is 0.553. The highest BCUT2D eigenvalue weighted by Gasteiger charge is 2.16. The predicted molar refractivity (Wildman–Crippen MR) is 57.5 cm³/mol. The summed E-state index contributed by atoms with van der Waals surface area (Å²) >= 11 is 1.66. The summed E-state index contributed by atoms with van der Waals surface area (Å²) in [5.41, 5.74) is 0. The van der Waals surface area contributed by atoms with Crippen molar-refractivity contribution in [1.29, 1.82) is 0 Å². The van der Waals surface area contributed by atoms with Crippen molar-refractivity contribution >= 4 is 11.3 Å². The summed E-state index contributed by atoms with van der Waals surface area (Å²) in [5, 5.41) is 6.48. The molecule has 0 saturated carbocycles. The molecule has 14 heavy (non-hydrogen) atoms. The Labute approximate surface area is 88.5 Å². The molecule has 3 nitrogen and oxygen atoms in total. The molecule has 1 aliphatic heterocycles. The van der Waals surface area contributed by atoms with Gasteiger partial charge in [-0.2, -0.15) is 0 Å². The van der Waals surface area contributed by atoms with E-state index in [1.54, 1.807) is 11.3 Å². The van der Waals surface area contributed by atoms with E-state index in [0.717, 1.165) is 18.2 Å². The zero-order chi connectivity index (χ0) is 9.80. The van der Waals surface area contributed by atoms with Gasteiger partial charge in [-0.1, -0.05) is 0 Å². The van der Waals surface area contributed by atoms with Gasteiger partial charge in [0.05, 0.1) is 6.61 Å². The lowest BCUT2D eigenvalue weighted by Gasteiger charge is -2.14. The molecule has 0 spiro atoms. The molecule has 0 radical (unpaired) electrons. The molecule has 0 unspecified atom stereocenters. The molecule has 1 aliphatic rings. The average Bonchev–Trinajstić information content (AvgIpc) is 2.87. The van der Waals surface area contributed by atoms with Crippen LogP contribution in [0.15, 0.2) is 11.6 Å². The van der Waals surface area contributed by atoms with Gasteiger partial charge in [-0.15, -0.1) is 11.3 Å². The molecule has 0 aromatic carbocycles. The van der Waals surface area contributed by atoms with Crippen LogP contribution in [0.1, 0.15) is 30.9 Å². The third kappa shape index (κ3) is 2.53. The summed E-state index contributed by atoms with van der Waals surface area (Å²) in [6.07, 6.45) is 4.48. The first-order chi connectivity index (χ1) is 6.86. The maximum atomic E-state index is 5.76. The molecule has 78 valence electrons. The van der Waals surface area contributed by atoms with Gasteiger partial charge < -0.3 is 10.1 Å². The maximum Gasteiger partial charge on any atom is 0.121 e. The maximum absolute atomic E-state index is 5.76. The zero-order valence-corrected chi connectivity index (χ0v) is 9.22. The van der Waals surface area contributed by atoms with Crippen molar-refractivity contribution in [3.63, 3.8) is 0 Å². The number of hydrogen-bond donors (Lipinski definition) is 1. The molecule has 0 amide bonds. The van der Waals surface area contributed by atoms with Crippen molar-refractivity contribution < 1.29 is 4.74 Å². The molecule has 2 atom stereocenters. The Hall–Kier alpha value is -0.450. The number of thiazole rings is 1. The van der Waals surface area contributed by atoms with Crippen LogP contribution in [0.2, 0.25) is 0 Å². The van der Waals surface area contributed by atoms with Crippen molar-refractivity contribution in [2.75, 3.05) is 13.2 Å². The molecule has 2 rings (SSSR count). The van der Waals surface area contributed by atoms with Crippen molar-refractivity contribution in [2.24, 2.45) is 0 Å². The number of nitrogens with zero attached hydrogens (tertiary/aromatic N) is 1. The van der Waals surface area contributed by atoms with Crippen LogP contribution in [-0.2, 0) is 4.74 Å². The van der Waals surface area contributed by atoms with E-state index in [1.165, 1.54) is 12.8 Å². The Morgan fingerprint density at radius 1 is 1.79 bits per heavy atom. The van der Waals surface area contributed by atoms with Crippen LogP contribution in [0.5, 0.6) is 0 Å².